The molecular formula is C14H17F3N2O3S. The molecule has 0 unspecified atom stereocenters. The maximum Gasteiger partial charge on any atom is 0.416 e. The van der Waals surface area contributed by atoms with Crippen LogP contribution in [0.1, 0.15) is 12.0 Å². The van der Waals surface area contributed by atoms with Crippen LogP contribution in [-0.4, -0.2) is 37.2 Å². The highest BCUT2D eigenvalue weighted by Crippen LogP contribution is 2.30. The molecular weight excluding hydrogens is 333 g/mol. The normalized spacial score (nSPS) is 12.4. The summed E-state index contributed by atoms with van der Waals surface area (Å²) in [6.45, 7) is 0. The molecule has 23 heavy (non-hydrogen) atoms. The largest absolute Gasteiger partial charge is 0.467 e. The zero-order valence-corrected chi connectivity index (χ0v) is 13.4. The molecule has 0 saturated carbocycles. The predicted octanol–water partition coefficient (Wildman–Crippen LogP) is 3.12. The van der Waals surface area contributed by atoms with Gasteiger partial charge in [-0.05, 0) is 36.6 Å². The summed E-state index contributed by atoms with van der Waals surface area (Å²) in [4.78, 5) is 23.4. The number of alkyl halides is 3. The summed E-state index contributed by atoms with van der Waals surface area (Å²) >= 11 is 1.49. The van der Waals surface area contributed by atoms with Gasteiger partial charge in [-0.25, -0.2) is 9.59 Å². The third kappa shape index (κ3) is 6.39. The number of esters is 1. The van der Waals surface area contributed by atoms with E-state index in [1.165, 1.54) is 31.0 Å². The zero-order valence-electron chi connectivity index (χ0n) is 12.6. The number of methoxy groups -OCH3 is 1. The van der Waals surface area contributed by atoms with Crippen LogP contribution in [0.5, 0.6) is 0 Å². The van der Waals surface area contributed by atoms with Crippen molar-refractivity contribution in [3.8, 4) is 0 Å². The smallest absolute Gasteiger partial charge is 0.416 e. The minimum absolute atomic E-state index is 0.0224. The standard InChI is InChI=1S/C14H17F3N2O3S/c1-22-12(20)11(6-7-23-2)19-13(21)18-10-5-3-4-9(8-10)14(15,16)17/h3-5,8,11H,6-7H2,1-2H3,(H2,18,19,21)/t11-/m0/s1. The first-order valence-electron chi connectivity index (χ1n) is 6.59. The molecule has 0 fully saturated rings. The number of hydrogen-bond acceptors (Lipinski definition) is 4. The van der Waals surface area contributed by atoms with Gasteiger partial charge in [-0.3, -0.25) is 0 Å². The van der Waals surface area contributed by atoms with Crippen LogP contribution in [0.2, 0.25) is 0 Å². The molecule has 0 spiro atoms. The SMILES string of the molecule is COC(=O)[C@H](CCSC)NC(=O)Nc1cccc(C(F)(F)F)c1. The van der Waals surface area contributed by atoms with Gasteiger partial charge in [0.05, 0.1) is 12.7 Å². The summed E-state index contributed by atoms with van der Waals surface area (Å²) in [6, 6.07) is 2.58. The topological polar surface area (TPSA) is 67.4 Å². The number of ether oxygens (including phenoxy) is 1. The molecule has 2 amide bonds. The Balaban J connectivity index is 2.72. The minimum Gasteiger partial charge on any atom is -0.467 e. The molecule has 0 aliphatic heterocycles. The molecule has 0 heterocycles. The van der Waals surface area contributed by atoms with Gasteiger partial charge in [0, 0.05) is 5.69 Å². The number of halogens is 3. The number of anilines is 1. The van der Waals surface area contributed by atoms with E-state index in [4.69, 9.17) is 0 Å². The van der Waals surface area contributed by atoms with Crippen molar-refractivity contribution in [3.05, 3.63) is 29.8 Å². The Hall–Kier alpha value is -1.90. The second kappa shape index (κ2) is 8.66. The Morgan fingerprint density at radius 1 is 1.35 bits per heavy atom. The van der Waals surface area contributed by atoms with Crippen LogP contribution in [0, 0.1) is 0 Å². The molecule has 2 N–H and O–H groups in total. The van der Waals surface area contributed by atoms with Gasteiger partial charge >= 0.3 is 18.2 Å². The number of carbonyl (C=O) groups excluding carboxylic acids is 2. The molecule has 0 saturated heterocycles. The van der Waals surface area contributed by atoms with Gasteiger partial charge in [0.15, 0.2) is 0 Å². The second-order valence-corrected chi connectivity index (χ2v) is 5.52. The van der Waals surface area contributed by atoms with E-state index in [1.54, 1.807) is 0 Å². The summed E-state index contributed by atoms with van der Waals surface area (Å²) in [6.07, 6.45) is -2.30. The molecule has 128 valence electrons. The first kappa shape index (κ1) is 19.1. The van der Waals surface area contributed by atoms with Crippen molar-refractivity contribution in [1.82, 2.24) is 5.32 Å². The Morgan fingerprint density at radius 3 is 2.61 bits per heavy atom. The lowest BCUT2D eigenvalue weighted by molar-refractivity contribution is -0.142. The van der Waals surface area contributed by atoms with Crippen LogP contribution in [-0.2, 0) is 15.7 Å². The summed E-state index contributed by atoms with van der Waals surface area (Å²) in [7, 11) is 1.20. The number of benzene rings is 1. The summed E-state index contributed by atoms with van der Waals surface area (Å²) in [5, 5.41) is 4.67. The lowest BCUT2D eigenvalue weighted by Crippen LogP contribution is -2.44. The van der Waals surface area contributed by atoms with Crippen molar-refractivity contribution in [2.24, 2.45) is 0 Å². The minimum atomic E-state index is -4.50. The maximum absolute atomic E-state index is 12.6. The quantitative estimate of drug-likeness (QED) is 0.774. The summed E-state index contributed by atoms with van der Waals surface area (Å²) in [5.41, 5.74) is -0.895. The van der Waals surface area contributed by atoms with Gasteiger partial charge in [0.1, 0.15) is 6.04 Å². The fourth-order valence-corrected chi connectivity index (χ4v) is 2.20. The molecule has 1 atom stereocenters. The molecule has 1 rings (SSSR count). The van der Waals surface area contributed by atoms with Gasteiger partial charge in [-0.15, -0.1) is 0 Å². The molecule has 9 heteroatoms. The molecule has 1 aromatic rings. The molecule has 0 aromatic heterocycles. The molecule has 0 aliphatic carbocycles. The van der Waals surface area contributed by atoms with Gasteiger partial charge in [-0.2, -0.15) is 24.9 Å². The van der Waals surface area contributed by atoms with Gasteiger partial charge in [-0.1, -0.05) is 6.07 Å². The number of carbonyl (C=O) groups is 2. The van der Waals surface area contributed by atoms with E-state index in [1.807, 2.05) is 6.26 Å². The lowest BCUT2D eigenvalue weighted by Gasteiger charge is -2.17. The zero-order chi connectivity index (χ0) is 17.5. The average molecular weight is 350 g/mol. The van der Waals surface area contributed by atoms with E-state index in [0.29, 0.717) is 12.2 Å². The number of nitrogens with one attached hydrogen (secondary N) is 2. The number of rotatable bonds is 6. The number of amides is 2. The van der Waals surface area contributed by atoms with Crippen molar-refractivity contribution in [3.63, 3.8) is 0 Å². The van der Waals surface area contributed by atoms with E-state index < -0.39 is 29.8 Å². The number of hydrogen-bond donors (Lipinski definition) is 2. The Labute approximate surface area is 136 Å². The van der Waals surface area contributed by atoms with E-state index in [-0.39, 0.29) is 5.69 Å². The molecule has 0 radical (unpaired) electrons. The predicted molar refractivity (Wildman–Crippen MR) is 82.4 cm³/mol. The summed E-state index contributed by atoms with van der Waals surface area (Å²) in [5.74, 6) is 0.00195. The highest BCUT2D eigenvalue weighted by atomic mass is 32.2. The van der Waals surface area contributed by atoms with E-state index in [9.17, 15) is 22.8 Å². The third-order valence-electron chi connectivity index (χ3n) is 2.85. The summed E-state index contributed by atoms with van der Waals surface area (Å²) < 4.78 is 42.4. The van der Waals surface area contributed by atoms with E-state index in [0.717, 1.165) is 12.1 Å². The van der Waals surface area contributed by atoms with Crippen LogP contribution in [0.4, 0.5) is 23.7 Å². The van der Waals surface area contributed by atoms with Crippen molar-refractivity contribution < 1.29 is 27.5 Å². The monoisotopic (exact) mass is 350 g/mol. The Kier molecular flexibility index (Phi) is 7.21. The van der Waals surface area contributed by atoms with Crippen LogP contribution < -0.4 is 10.6 Å². The van der Waals surface area contributed by atoms with Crippen molar-refractivity contribution in [1.29, 1.82) is 0 Å². The first-order chi connectivity index (χ1) is 10.8. The third-order valence-corrected chi connectivity index (χ3v) is 3.49. The average Bonchev–Trinajstić information content (AvgIpc) is 2.50. The lowest BCUT2D eigenvalue weighted by atomic mass is 10.2. The highest BCUT2D eigenvalue weighted by Gasteiger charge is 2.30. The van der Waals surface area contributed by atoms with Crippen molar-refractivity contribution in [2.45, 2.75) is 18.6 Å². The molecule has 0 aliphatic rings. The first-order valence-corrected chi connectivity index (χ1v) is 7.99. The Morgan fingerprint density at radius 2 is 2.04 bits per heavy atom. The van der Waals surface area contributed by atoms with Gasteiger partial charge in [0.2, 0.25) is 0 Å². The van der Waals surface area contributed by atoms with Crippen molar-refractivity contribution in [2.75, 3.05) is 24.4 Å². The highest BCUT2D eigenvalue weighted by molar-refractivity contribution is 7.98. The molecule has 5 nitrogen and oxygen atoms in total. The van der Waals surface area contributed by atoms with Crippen LogP contribution >= 0.6 is 11.8 Å². The maximum atomic E-state index is 12.6. The van der Waals surface area contributed by atoms with Crippen LogP contribution in [0.25, 0.3) is 0 Å². The Bertz CT molecular complexity index is 552. The number of thioether (sulfide) groups is 1. The van der Waals surface area contributed by atoms with Crippen LogP contribution in [0.3, 0.4) is 0 Å². The van der Waals surface area contributed by atoms with Crippen LogP contribution in [0.15, 0.2) is 24.3 Å². The fourth-order valence-electron chi connectivity index (χ4n) is 1.73. The fraction of sp³-hybridized carbons (Fsp3) is 0.429. The van der Waals surface area contributed by atoms with Gasteiger partial charge in [0.25, 0.3) is 0 Å². The second-order valence-electron chi connectivity index (χ2n) is 4.53. The van der Waals surface area contributed by atoms with E-state index in [2.05, 4.69) is 15.4 Å². The van der Waals surface area contributed by atoms with Crippen molar-refractivity contribution >= 4 is 29.4 Å². The van der Waals surface area contributed by atoms with Gasteiger partial charge < -0.3 is 15.4 Å². The number of urea groups is 1. The molecule has 0 bridgehead atoms. The van der Waals surface area contributed by atoms with E-state index >= 15 is 0 Å². The molecule has 1 aromatic carbocycles.